The molecule has 0 radical (unpaired) electrons. The molecule has 6 nitrogen and oxygen atoms in total. The Hall–Kier alpha value is -2.51. The van der Waals surface area contributed by atoms with Crippen LogP contribution in [-0.2, 0) is 0 Å². The number of halogens is 1. The SMILES string of the molecule is CCSc1oc2c([C@@H](C)Oc3ccc(Cl)nc3C(N)=O)cc(C)cc2c(=O)c1C. The van der Waals surface area contributed by atoms with Gasteiger partial charge >= 0.3 is 0 Å². The Morgan fingerprint density at radius 1 is 1.34 bits per heavy atom. The summed E-state index contributed by atoms with van der Waals surface area (Å²) in [4.78, 5) is 28.6. The minimum absolute atomic E-state index is 0.0548. The molecule has 1 atom stereocenters. The molecule has 8 heteroatoms. The van der Waals surface area contributed by atoms with Crippen LogP contribution in [0.1, 0.15) is 47.1 Å². The van der Waals surface area contributed by atoms with Crippen molar-refractivity contribution in [2.24, 2.45) is 5.73 Å². The number of fused-ring (bicyclic) bond motifs is 1. The Morgan fingerprint density at radius 3 is 2.72 bits per heavy atom. The molecule has 0 aliphatic carbocycles. The molecule has 2 heterocycles. The largest absolute Gasteiger partial charge is 0.483 e. The standard InChI is InChI=1S/C21H21ClN2O4S/c1-5-29-21-11(3)18(25)14-9-10(2)8-13(19(14)28-21)12(4)27-15-6-7-16(22)24-17(15)20(23)26/h6-9,12H,5H2,1-4H3,(H2,23,26)/t12-/m1/s1. The Labute approximate surface area is 177 Å². The van der Waals surface area contributed by atoms with E-state index in [9.17, 15) is 9.59 Å². The van der Waals surface area contributed by atoms with Gasteiger partial charge in [0.05, 0.1) is 5.39 Å². The van der Waals surface area contributed by atoms with Crippen molar-refractivity contribution in [3.05, 3.63) is 62.0 Å². The Morgan fingerprint density at radius 2 is 2.07 bits per heavy atom. The summed E-state index contributed by atoms with van der Waals surface area (Å²) in [5.41, 5.74) is 7.93. The van der Waals surface area contributed by atoms with Crippen LogP contribution in [0.5, 0.6) is 5.75 Å². The fourth-order valence-corrected chi connectivity index (χ4v) is 3.93. The van der Waals surface area contributed by atoms with Crippen molar-refractivity contribution in [2.45, 2.75) is 38.9 Å². The Kier molecular flexibility index (Phi) is 6.19. The van der Waals surface area contributed by atoms with E-state index >= 15 is 0 Å². The highest BCUT2D eigenvalue weighted by Crippen LogP contribution is 2.33. The maximum Gasteiger partial charge on any atom is 0.271 e. The third-order valence-electron chi connectivity index (χ3n) is 4.42. The number of amides is 1. The van der Waals surface area contributed by atoms with Gasteiger partial charge in [0.25, 0.3) is 5.91 Å². The fourth-order valence-electron chi connectivity index (χ4n) is 3.07. The third kappa shape index (κ3) is 4.26. The highest BCUT2D eigenvalue weighted by atomic mass is 35.5. The summed E-state index contributed by atoms with van der Waals surface area (Å²) >= 11 is 7.34. The van der Waals surface area contributed by atoms with Crippen LogP contribution in [0.15, 0.2) is 38.6 Å². The molecule has 152 valence electrons. The summed E-state index contributed by atoms with van der Waals surface area (Å²) in [5, 5.41) is 1.23. The predicted molar refractivity (Wildman–Crippen MR) is 115 cm³/mol. The van der Waals surface area contributed by atoms with Crippen LogP contribution in [-0.4, -0.2) is 16.6 Å². The number of nitrogens with zero attached hydrogens (tertiary/aromatic N) is 1. The van der Waals surface area contributed by atoms with E-state index in [1.54, 1.807) is 19.9 Å². The summed E-state index contributed by atoms with van der Waals surface area (Å²) in [6.45, 7) is 7.47. The van der Waals surface area contributed by atoms with Crippen molar-refractivity contribution >= 4 is 40.2 Å². The van der Waals surface area contributed by atoms with E-state index in [1.807, 2.05) is 26.0 Å². The van der Waals surface area contributed by atoms with Gasteiger partial charge in [-0.2, -0.15) is 0 Å². The second-order valence-corrected chi connectivity index (χ2v) is 8.24. The Balaban J connectivity index is 2.14. The normalized spacial score (nSPS) is 12.2. The number of aromatic nitrogens is 1. The highest BCUT2D eigenvalue weighted by molar-refractivity contribution is 7.99. The summed E-state index contributed by atoms with van der Waals surface area (Å²) in [7, 11) is 0. The van der Waals surface area contributed by atoms with Gasteiger partial charge in [0.15, 0.2) is 22.0 Å². The van der Waals surface area contributed by atoms with Crippen LogP contribution in [0.3, 0.4) is 0 Å². The lowest BCUT2D eigenvalue weighted by atomic mass is 10.0. The number of thioether (sulfide) groups is 1. The lowest BCUT2D eigenvalue weighted by molar-refractivity contribution is 0.0988. The van der Waals surface area contributed by atoms with Gasteiger partial charge in [-0.15, -0.1) is 0 Å². The molecule has 0 aliphatic heterocycles. The molecule has 2 aromatic heterocycles. The molecular formula is C21H21ClN2O4S. The molecule has 0 unspecified atom stereocenters. The zero-order valence-electron chi connectivity index (χ0n) is 16.5. The van der Waals surface area contributed by atoms with E-state index in [-0.39, 0.29) is 22.0 Å². The molecule has 0 aliphatic rings. The number of carbonyl (C=O) groups is 1. The average Bonchev–Trinajstić information content (AvgIpc) is 2.67. The van der Waals surface area contributed by atoms with Gasteiger partial charge in [-0.25, -0.2) is 4.98 Å². The summed E-state index contributed by atoms with van der Waals surface area (Å²) < 4.78 is 12.1. The molecule has 3 rings (SSSR count). The smallest absolute Gasteiger partial charge is 0.271 e. The van der Waals surface area contributed by atoms with E-state index < -0.39 is 12.0 Å². The molecule has 2 N–H and O–H groups in total. The van der Waals surface area contributed by atoms with Crippen LogP contribution >= 0.6 is 23.4 Å². The summed E-state index contributed by atoms with van der Waals surface area (Å²) in [6, 6.07) is 6.77. The number of aryl methyl sites for hydroxylation is 1. The monoisotopic (exact) mass is 432 g/mol. The zero-order chi connectivity index (χ0) is 21.3. The van der Waals surface area contributed by atoms with Gasteiger partial charge in [0.1, 0.15) is 16.8 Å². The van der Waals surface area contributed by atoms with Gasteiger partial charge in [0.2, 0.25) is 0 Å². The second-order valence-electron chi connectivity index (χ2n) is 6.61. The highest BCUT2D eigenvalue weighted by Gasteiger charge is 2.21. The number of primary amides is 1. The lowest BCUT2D eigenvalue weighted by Crippen LogP contribution is -2.17. The van der Waals surface area contributed by atoms with Gasteiger partial charge < -0.3 is 14.9 Å². The number of rotatable bonds is 6. The fraction of sp³-hybridized carbons (Fsp3) is 0.286. The zero-order valence-corrected chi connectivity index (χ0v) is 18.1. The van der Waals surface area contributed by atoms with Crippen molar-refractivity contribution in [3.63, 3.8) is 0 Å². The van der Waals surface area contributed by atoms with Crippen LogP contribution < -0.4 is 15.9 Å². The van der Waals surface area contributed by atoms with Crippen LogP contribution in [0.4, 0.5) is 0 Å². The molecule has 0 bridgehead atoms. The molecule has 0 spiro atoms. The molecule has 3 aromatic rings. The van der Waals surface area contributed by atoms with Crippen LogP contribution in [0, 0.1) is 13.8 Å². The Bertz CT molecular complexity index is 1160. The first-order valence-corrected chi connectivity index (χ1v) is 10.4. The summed E-state index contributed by atoms with van der Waals surface area (Å²) in [6.07, 6.45) is -0.538. The van der Waals surface area contributed by atoms with E-state index in [0.717, 1.165) is 11.3 Å². The van der Waals surface area contributed by atoms with Gasteiger partial charge in [-0.05, 0) is 56.4 Å². The molecule has 0 saturated carbocycles. The number of hydrogen-bond acceptors (Lipinski definition) is 6. The number of carbonyl (C=O) groups excluding carboxylic acids is 1. The number of ether oxygens (including phenoxy) is 1. The lowest BCUT2D eigenvalue weighted by Gasteiger charge is -2.19. The first-order valence-electron chi connectivity index (χ1n) is 9.06. The van der Waals surface area contributed by atoms with E-state index in [2.05, 4.69) is 4.98 Å². The molecule has 1 aromatic carbocycles. The van der Waals surface area contributed by atoms with Crippen molar-refractivity contribution < 1.29 is 13.9 Å². The predicted octanol–water partition coefficient (Wildman–Crippen LogP) is 4.81. The minimum atomic E-state index is -0.743. The van der Waals surface area contributed by atoms with E-state index in [4.69, 9.17) is 26.5 Å². The van der Waals surface area contributed by atoms with Crippen LogP contribution in [0.2, 0.25) is 5.15 Å². The van der Waals surface area contributed by atoms with E-state index in [1.165, 1.54) is 17.8 Å². The average molecular weight is 433 g/mol. The minimum Gasteiger partial charge on any atom is -0.483 e. The van der Waals surface area contributed by atoms with Crippen molar-refractivity contribution in [1.82, 2.24) is 4.98 Å². The third-order valence-corrected chi connectivity index (χ3v) is 5.57. The summed E-state index contributed by atoms with van der Waals surface area (Å²) in [5.74, 6) is 0.246. The van der Waals surface area contributed by atoms with Crippen LogP contribution in [0.25, 0.3) is 11.0 Å². The first-order chi connectivity index (χ1) is 13.7. The molecule has 0 saturated heterocycles. The molecular weight excluding hydrogens is 412 g/mol. The number of pyridine rings is 1. The molecule has 0 fully saturated rings. The quantitative estimate of drug-likeness (QED) is 0.443. The molecule has 1 amide bonds. The maximum absolute atomic E-state index is 12.9. The number of benzene rings is 1. The van der Waals surface area contributed by atoms with Crippen molar-refractivity contribution in [3.8, 4) is 5.75 Å². The maximum atomic E-state index is 12.9. The van der Waals surface area contributed by atoms with Crippen molar-refractivity contribution in [2.75, 3.05) is 5.75 Å². The second kappa shape index (κ2) is 8.47. The van der Waals surface area contributed by atoms with Gasteiger partial charge in [0, 0.05) is 11.1 Å². The first kappa shape index (κ1) is 21.2. The van der Waals surface area contributed by atoms with Gasteiger partial charge in [-0.3, -0.25) is 9.59 Å². The molecule has 29 heavy (non-hydrogen) atoms. The topological polar surface area (TPSA) is 95.4 Å². The van der Waals surface area contributed by atoms with Gasteiger partial charge in [-0.1, -0.05) is 30.3 Å². The number of nitrogens with two attached hydrogens (primary N) is 1. The van der Waals surface area contributed by atoms with E-state index in [0.29, 0.717) is 27.2 Å². The van der Waals surface area contributed by atoms with Crippen molar-refractivity contribution in [1.29, 1.82) is 0 Å². The number of hydrogen-bond donors (Lipinski definition) is 1.